The fraction of sp³-hybridized carbons (Fsp3) is 0.235. The highest BCUT2D eigenvalue weighted by molar-refractivity contribution is 5.93. The number of anilines is 2. The van der Waals surface area contributed by atoms with Crippen molar-refractivity contribution in [3.63, 3.8) is 0 Å². The van der Waals surface area contributed by atoms with Crippen LogP contribution in [-0.2, 0) is 11.2 Å². The minimum Gasteiger partial charge on any atom is -0.399 e. The Morgan fingerprint density at radius 2 is 1.90 bits per heavy atom. The molecule has 0 aliphatic rings. The van der Waals surface area contributed by atoms with Crippen molar-refractivity contribution < 1.29 is 4.79 Å². The van der Waals surface area contributed by atoms with E-state index in [1.54, 1.807) is 11.9 Å². The number of nitrogens with zero attached hydrogens (tertiary/aromatic N) is 1. The quantitative estimate of drug-likeness (QED) is 0.866. The molecule has 3 nitrogen and oxygen atoms in total. The molecule has 3 heteroatoms. The molecule has 0 bridgehead atoms. The lowest BCUT2D eigenvalue weighted by Crippen LogP contribution is -2.26. The smallest absolute Gasteiger partial charge is 0.227 e. The molecule has 104 valence electrons. The summed E-state index contributed by atoms with van der Waals surface area (Å²) in [5.41, 5.74) is 9.70. The zero-order chi connectivity index (χ0) is 14.5. The number of rotatable bonds is 4. The highest BCUT2D eigenvalue weighted by Gasteiger charge is 2.11. The van der Waals surface area contributed by atoms with Gasteiger partial charge in [0, 0.05) is 24.8 Å². The molecular weight excluding hydrogens is 248 g/mol. The van der Waals surface area contributed by atoms with Crippen molar-refractivity contribution in [1.82, 2.24) is 0 Å². The van der Waals surface area contributed by atoms with Gasteiger partial charge >= 0.3 is 0 Å². The fourth-order valence-corrected chi connectivity index (χ4v) is 2.18. The van der Waals surface area contributed by atoms with Crippen molar-refractivity contribution in [2.45, 2.75) is 19.8 Å². The molecule has 0 radical (unpaired) electrons. The normalized spacial score (nSPS) is 10.3. The molecule has 0 saturated carbocycles. The van der Waals surface area contributed by atoms with Crippen LogP contribution in [0.1, 0.15) is 17.5 Å². The molecule has 20 heavy (non-hydrogen) atoms. The summed E-state index contributed by atoms with van der Waals surface area (Å²) in [6.07, 6.45) is 1.26. The van der Waals surface area contributed by atoms with Gasteiger partial charge in [0.2, 0.25) is 5.91 Å². The van der Waals surface area contributed by atoms with Gasteiger partial charge in [-0.1, -0.05) is 30.3 Å². The van der Waals surface area contributed by atoms with Gasteiger partial charge in [-0.15, -0.1) is 0 Å². The molecule has 0 aromatic heterocycles. The molecule has 2 aromatic rings. The van der Waals surface area contributed by atoms with Crippen molar-refractivity contribution in [2.24, 2.45) is 0 Å². The van der Waals surface area contributed by atoms with Crippen LogP contribution in [-0.4, -0.2) is 13.0 Å². The monoisotopic (exact) mass is 268 g/mol. The highest BCUT2D eigenvalue weighted by Crippen LogP contribution is 2.18. The third-order valence-corrected chi connectivity index (χ3v) is 3.50. The van der Waals surface area contributed by atoms with Gasteiger partial charge in [-0.25, -0.2) is 0 Å². The summed E-state index contributed by atoms with van der Waals surface area (Å²) in [6, 6.07) is 15.5. The maximum absolute atomic E-state index is 12.2. The SMILES string of the molecule is Cc1ccccc1CCC(=O)N(C)c1cccc(N)c1. The number of hydrogen-bond acceptors (Lipinski definition) is 2. The summed E-state index contributed by atoms with van der Waals surface area (Å²) in [5, 5.41) is 0. The van der Waals surface area contributed by atoms with Crippen molar-refractivity contribution in [3.05, 3.63) is 59.7 Å². The summed E-state index contributed by atoms with van der Waals surface area (Å²) in [5.74, 6) is 0.0962. The van der Waals surface area contributed by atoms with E-state index in [4.69, 9.17) is 5.73 Å². The maximum atomic E-state index is 12.2. The molecule has 0 spiro atoms. The molecule has 0 aliphatic heterocycles. The average Bonchev–Trinajstić information content (AvgIpc) is 2.45. The highest BCUT2D eigenvalue weighted by atomic mass is 16.2. The second-order valence-electron chi connectivity index (χ2n) is 4.97. The number of carbonyl (C=O) groups is 1. The molecule has 0 heterocycles. The Labute approximate surface area is 120 Å². The third-order valence-electron chi connectivity index (χ3n) is 3.50. The van der Waals surface area contributed by atoms with Gasteiger partial charge in [0.25, 0.3) is 0 Å². The van der Waals surface area contributed by atoms with Crippen LogP contribution in [0, 0.1) is 6.92 Å². The van der Waals surface area contributed by atoms with E-state index < -0.39 is 0 Å². The van der Waals surface area contributed by atoms with Crippen LogP contribution in [0.3, 0.4) is 0 Å². The van der Waals surface area contributed by atoms with Crippen LogP contribution in [0.4, 0.5) is 11.4 Å². The zero-order valence-electron chi connectivity index (χ0n) is 12.0. The lowest BCUT2D eigenvalue weighted by atomic mass is 10.0. The molecular formula is C17H20N2O. The molecule has 2 N–H and O–H groups in total. The summed E-state index contributed by atoms with van der Waals surface area (Å²) in [7, 11) is 1.79. The summed E-state index contributed by atoms with van der Waals surface area (Å²) < 4.78 is 0. The Morgan fingerprint density at radius 1 is 1.15 bits per heavy atom. The van der Waals surface area contributed by atoms with E-state index in [2.05, 4.69) is 19.1 Å². The number of carbonyl (C=O) groups excluding carboxylic acids is 1. The predicted octanol–water partition coefficient (Wildman–Crippen LogP) is 3.17. The van der Waals surface area contributed by atoms with Crippen LogP contribution >= 0.6 is 0 Å². The Bertz CT molecular complexity index is 607. The minimum atomic E-state index is 0.0962. The Kier molecular flexibility index (Phi) is 4.41. The first-order chi connectivity index (χ1) is 9.58. The van der Waals surface area contributed by atoms with Gasteiger partial charge in [-0.2, -0.15) is 0 Å². The number of hydrogen-bond donors (Lipinski definition) is 1. The summed E-state index contributed by atoms with van der Waals surface area (Å²) in [6.45, 7) is 2.07. The van der Waals surface area contributed by atoms with E-state index in [0.717, 1.165) is 12.1 Å². The Morgan fingerprint density at radius 3 is 2.60 bits per heavy atom. The number of benzene rings is 2. The molecule has 1 amide bonds. The van der Waals surface area contributed by atoms with Crippen molar-refractivity contribution in [1.29, 1.82) is 0 Å². The first-order valence-corrected chi connectivity index (χ1v) is 6.74. The molecule has 2 aromatic carbocycles. The van der Waals surface area contributed by atoms with Crippen LogP contribution in [0.15, 0.2) is 48.5 Å². The lowest BCUT2D eigenvalue weighted by molar-refractivity contribution is -0.118. The van der Waals surface area contributed by atoms with Gasteiger partial charge < -0.3 is 10.6 Å². The van der Waals surface area contributed by atoms with Crippen LogP contribution in [0.5, 0.6) is 0 Å². The first kappa shape index (κ1) is 14.1. The summed E-state index contributed by atoms with van der Waals surface area (Å²) >= 11 is 0. The second kappa shape index (κ2) is 6.24. The van der Waals surface area contributed by atoms with E-state index in [1.165, 1.54) is 11.1 Å². The largest absolute Gasteiger partial charge is 0.399 e. The number of nitrogens with two attached hydrogens (primary N) is 1. The van der Waals surface area contributed by atoms with Gasteiger partial charge in [0.05, 0.1) is 0 Å². The van der Waals surface area contributed by atoms with Crippen molar-refractivity contribution >= 4 is 17.3 Å². The van der Waals surface area contributed by atoms with Gasteiger partial charge in [-0.05, 0) is 42.7 Å². The van der Waals surface area contributed by atoms with Crippen molar-refractivity contribution in [3.8, 4) is 0 Å². The van der Waals surface area contributed by atoms with E-state index >= 15 is 0 Å². The standard InChI is InChI=1S/C17H20N2O/c1-13-6-3-4-7-14(13)10-11-17(20)19(2)16-9-5-8-15(18)12-16/h3-9,12H,10-11,18H2,1-2H3. The number of aryl methyl sites for hydroxylation is 2. The van der Waals surface area contributed by atoms with E-state index in [0.29, 0.717) is 12.1 Å². The summed E-state index contributed by atoms with van der Waals surface area (Å²) in [4.78, 5) is 13.9. The molecule has 0 saturated heterocycles. The van der Waals surface area contributed by atoms with Crippen LogP contribution in [0.2, 0.25) is 0 Å². The van der Waals surface area contributed by atoms with E-state index in [-0.39, 0.29) is 5.91 Å². The van der Waals surface area contributed by atoms with Gasteiger partial charge in [0.1, 0.15) is 0 Å². The van der Waals surface area contributed by atoms with Crippen LogP contribution in [0.25, 0.3) is 0 Å². The van der Waals surface area contributed by atoms with Gasteiger partial charge in [-0.3, -0.25) is 4.79 Å². The maximum Gasteiger partial charge on any atom is 0.227 e. The van der Waals surface area contributed by atoms with E-state index in [9.17, 15) is 4.79 Å². The Balaban J connectivity index is 2.00. The lowest BCUT2D eigenvalue weighted by Gasteiger charge is -2.18. The molecule has 0 fully saturated rings. The number of nitrogen functional groups attached to an aromatic ring is 1. The number of amides is 1. The first-order valence-electron chi connectivity index (χ1n) is 6.74. The minimum absolute atomic E-state index is 0.0962. The zero-order valence-corrected chi connectivity index (χ0v) is 12.0. The van der Waals surface area contributed by atoms with Gasteiger partial charge in [0.15, 0.2) is 0 Å². The second-order valence-corrected chi connectivity index (χ2v) is 4.97. The predicted molar refractivity (Wildman–Crippen MR) is 83.8 cm³/mol. The molecule has 2 rings (SSSR count). The van der Waals surface area contributed by atoms with Crippen molar-refractivity contribution in [2.75, 3.05) is 17.7 Å². The van der Waals surface area contributed by atoms with E-state index in [1.807, 2.05) is 36.4 Å². The Hall–Kier alpha value is -2.29. The topological polar surface area (TPSA) is 46.3 Å². The molecule has 0 unspecified atom stereocenters. The fourth-order valence-electron chi connectivity index (χ4n) is 2.18. The molecule has 0 aliphatic carbocycles. The average molecular weight is 268 g/mol. The molecule has 0 atom stereocenters. The van der Waals surface area contributed by atoms with Crippen LogP contribution < -0.4 is 10.6 Å². The third kappa shape index (κ3) is 3.38.